The van der Waals surface area contributed by atoms with Gasteiger partial charge < -0.3 is 15.2 Å². The van der Waals surface area contributed by atoms with Gasteiger partial charge in [0.05, 0.1) is 18.2 Å². The van der Waals surface area contributed by atoms with Crippen LogP contribution in [0.15, 0.2) is 0 Å². The van der Waals surface area contributed by atoms with Crippen molar-refractivity contribution < 1.29 is 9.84 Å². The normalized spacial score (nSPS) is 24.9. The monoisotopic (exact) mass is 230 g/mol. The van der Waals surface area contributed by atoms with Crippen LogP contribution in [0.25, 0.3) is 0 Å². The Morgan fingerprint density at radius 3 is 2.75 bits per heavy atom. The molecule has 0 amide bonds. The van der Waals surface area contributed by atoms with Crippen molar-refractivity contribution in [2.45, 2.75) is 38.3 Å². The lowest BCUT2D eigenvalue weighted by Gasteiger charge is -2.34. The van der Waals surface area contributed by atoms with Crippen LogP contribution < -0.4 is 5.32 Å². The molecule has 1 aliphatic heterocycles. The van der Waals surface area contributed by atoms with Gasteiger partial charge in [0.1, 0.15) is 0 Å². The number of aliphatic hydroxyl groups is 1. The largest absolute Gasteiger partial charge is 0.394 e. The summed E-state index contributed by atoms with van der Waals surface area (Å²) in [6.45, 7) is 8.10. The van der Waals surface area contributed by atoms with Gasteiger partial charge in [-0.25, -0.2) is 0 Å². The molecular formula is C12H26N2O2. The predicted octanol–water partition coefficient (Wildman–Crippen LogP) is 0.458. The van der Waals surface area contributed by atoms with Crippen molar-refractivity contribution >= 4 is 0 Å². The average Bonchev–Trinajstić information content (AvgIpc) is 2.80. The highest BCUT2D eigenvalue weighted by atomic mass is 16.5. The van der Waals surface area contributed by atoms with Gasteiger partial charge in [0.25, 0.3) is 0 Å². The van der Waals surface area contributed by atoms with Crippen LogP contribution in [0.5, 0.6) is 0 Å². The minimum absolute atomic E-state index is 0.158. The SMILES string of the molecule is CCN(CC1CCCO1)CC(C)(CO)NC. The molecule has 0 aromatic carbocycles. The van der Waals surface area contributed by atoms with E-state index in [9.17, 15) is 5.11 Å². The molecule has 96 valence electrons. The van der Waals surface area contributed by atoms with E-state index < -0.39 is 0 Å². The fraction of sp³-hybridized carbons (Fsp3) is 1.00. The maximum Gasteiger partial charge on any atom is 0.0702 e. The van der Waals surface area contributed by atoms with Crippen molar-refractivity contribution in [1.82, 2.24) is 10.2 Å². The molecule has 0 aliphatic carbocycles. The van der Waals surface area contributed by atoms with E-state index >= 15 is 0 Å². The van der Waals surface area contributed by atoms with Gasteiger partial charge in [0, 0.05) is 19.7 Å². The molecular weight excluding hydrogens is 204 g/mol. The number of likely N-dealkylation sites (N-methyl/N-ethyl adjacent to an activating group) is 2. The molecule has 4 heteroatoms. The Kier molecular flexibility index (Phi) is 5.69. The van der Waals surface area contributed by atoms with Crippen molar-refractivity contribution in [3.8, 4) is 0 Å². The average molecular weight is 230 g/mol. The van der Waals surface area contributed by atoms with Crippen molar-refractivity contribution in [1.29, 1.82) is 0 Å². The predicted molar refractivity (Wildman–Crippen MR) is 65.6 cm³/mol. The number of ether oxygens (including phenoxy) is 1. The van der Waals surface area contributed by atoms with Crippen LogP contribution in [-0.2, 0) is 4.74 Å². The Morgan fingerprint density at radius 2 is 2.31 bits per heavy atom. The lowest BCUT2D eigenvalue weighted by atomic mass is 10.0. The first kappa shape index (κ1) is 13.9. The second-order valence-electron chi connectivity index (χ2n) is 4.93. The first-order valence-electron chi connectivity index (χ1n) is 6.27. The van der Waals surface area contributed by atoms with Gasteiger partial charge in [-0.3, -0.25) is 4.90 Å². The molecule has 2 N–H and O–H groups in total. The molecule has 1 fully saturated rings. The third kappa shape index (κ3) is 4.01. The Bertz CT molecular complexity index is 189. The maximum atomic E-state index is 9.37. The van der Waals surface area contributed by atoms with Gasteiger partial charge in [-0.1, -0.05) is 6.92 Å². The van der Waals surface area contributed by atoms with Gasteiger partial charge in [0.15, 0.2) is 0 Å². The summed E-state index contributed by atoms with van der Waals surface area (Å²) >= 11 is 0. The van der Waals surface area contributed by atoms with E-state index in [0.717, 1.165) is 26.2 Å². The summed E-state index contributed by atoms with van der Waals surface area (Å²) in [5.41, 5.74) is -0.214. The number of rotatable bonds is 7. The number of hydrogen-bond acceptors (Lipinski definition) is 4. The Morgan fingerprint density at radius 1 is 1.56 bits per heavy atom. The molecule has 2 unspecified atom stereocenters. The first-order chi connectivity index (χ1) is 7.63. The summed E-state index contributed by atoms with van der Waals surface area (Å²) in [4.78, 5) is 2.35. The zero-order chi connectivity index (χ0) is 12.0. The van der Waals surface area contributed by atoms with Crippen LogP contribution in [0.1, 0.15) is 26.7 Å². The first-order valence-corrected chi connectivity index (χ1v) is 6.27. The second kappa shape index (κ2) is 6.55. The van der Waals surface area contributed by atoms with Gasteiger partial charge in [-0.15, -0.1) is 0 Å². The van der Waals surface area contributed by atoms with Crippen LogP contribution >= 0.6 is 0 Å². The Hall–Kier alpha value is -0.160. The number of hydrogen-bond donors (Lipinski definition) is 2. The van der Waals surface area contributed by atoms with Crippen molar-refractivity contribution in [2.75, 3.05) is 39.9 Å². The Balaban J connectivity index is 2.40. The number of nitrogens with zero attached hydrogens (tertiary/aromatic N) is 1. The molecule has 0 spiro atoms. The van der Waals surface area contributed by atoms with Crippen LogP contribution in [0.3, 0.4) is 0 Å². The Labute approximate surface area is 99.0 Å². The topological polar surface area (TPSA) is 44.7 Å². The minimum Gasteiger partial charge on any atom is -0.394 e. The van der Waals surface area contributed by atoms with E-state index in [1.54, 1.807) is 0 Å². The van der Waals surface area contributed by atoms with Gasteiger partial charge in [0.2, 0.25) is 0 Å². The molecule has 0 radical (unpaired) electrons. The van der Waals surface area contributed by atoms with Crippen LogP contribution in [0, 0.1) is 0 Å². The zero-order valence-electron chi connectivity index (χ0n) is 10.8. The lowest BCUT2D eigenvalue weighted by Crippen LogP contribution is -2.53. The van der Waals surface area contributed by atoms with E-state index in [0.29, 0.717) is 6.10 Å². The van der Waals surface area contributed by atoms with Gasteiger partial charge in [-0.05, 0) is 33.4 Å². The van der Waals surface area contributed by atoms with E-state index in [4.69, 9.17) is 4.74 Å². The van der Waals surface area contributed by atoms with Crippen LogP contribution in [0.2, 0.25) is 0 Å². The van der Waals surface area contributed by atoms with Gasteiger partial charge in [-0.2, -0.15) is 0 Å². The summed E-state index contributed by atoms with van der Waals surface area (Å²) in [5.74, 6) is 0. The fourth-order valence-electron chi connectivity index (χ4n) is 2.08. The molecule has 1 heterocycles. The van der Waals surface area contributed by atoms with Crippen molar-refractivity contribution in [3.05, 3.63) is 0 Å². The van der Waals surface area contributed by atoms with Gasteiger partial charge >= 0.3 is 0 Å². The summed E-state index contributed by atoms with van der Waals surface area (Å²) < 4.78 is 5.64. The molecule has 1 saturated heterocycles. The third-order valence-electron chi connectivity index (χ3n) is 3.46. The highest BCUT2D eigenvalue weighted by molar-refractivity contribution is 4.85. The molecule has 4 nitrogen and oxygen atoms in total. The summed E-state index contributed by atoms with van der Waals surface area (Å²) in [6, 6.07) is 0. The lowest BCUT2D eigenvalue weighted by molar-refractivity contribution is 0.0564. The highest BCUT2D eigenvalue weighted by Crippen LogP contribution is 2.14. The smallest absolute Gasteiger partial charge is 0.0702 e. The number of aliphatic hydroxyl groups excluding tert-OH is 1. The quantitative estimate of drug-likeness (QED) is 0.667. The van der Waals surface area contributed by atoms with E-state index in [-0.39, 0.29) is 12.1 Å². The molecule has 0 saturated carbocycles. The van der Waals surface area contributed by atoms with Crippen molar-refractivity contribution in [2.24, 2.45) is 0 Å². The van der Waals surface area contributed by atoms with E-state index in [1.165, 1.54) is 12.8 Å². The molecule has 1 aliphatic rings. The standard InChI is InChI=1S/C12H26N2O2/c1-4-14(8-11-6-5-7-16-11)9-12(2,10-15)13-3/h11,13,15H,4-10H2,1-3H3. The zero-order valence-corrected chi connectivity index (χ0v) is 10.8. The molecule has 1 rings (SSSR count). The fourth-order valence-corrected chi connectivity index (χ4v) is 2.08. The van der Waals surface area contributed by atoms with Crippen molar-refractivity contribution in [3.63, 3.8) is 0 Å². The maximum absolute atomic E-state index is 9.37. The van der Waals surface area contributed by atoms with Crippen LogP contribution in [-0.4, -0.2) is 61.5 Å². The third-order valence-corrected chi connectivity index (χ3v) is 3.46. The molecule has 2 atom stereocenters. The molecule has 0 bridgehead atoms. The summed E-state index contributed by atoms with van der Waals surface area (Å²) in [7, 11) is 1.90. The second-order valence-corrected chi connectivity index (χ2v) is 4.93. The minimum atomic E-state index is -0.214. The van der Waals surface area contributed by atoms with E-state index in [1.807, 2.05) is 14.0 Å². The number of nitrogens with one attached hydrogen (secondary N) is 1. The summed E-state index contributed by atoms with van der Waals surface area (Å²) in [6.07, 6.45) is 2.75. The molecule has 0 aromatic heterocycles. The van der Waals surface area contributed by atoms with E-state index in [2.05, 4.69) is 17.1 Å². The highest BCUT2D eigenvalue weighted by Gasteiger charge is 2.26. The molecule has 0 aromatic rings. The molecule has 16 heavy (non-hydrogen) atoms. The summed E-state index contributed by atoms with van der Waals surface area (Å²) in [5, 5.41) is 12.6. The van der Waals surface area contributed by atoms with Crippen LogP contribution in [0.4, 0.5) is 0 Å².